The lowest BCUT2D eigenvalue weighted by atomic mass is 9.79. The second kappa shape index (κ2) is 3.87. The molecule has 0 bridgehead atoms. The van der Waals surface area contributed by atoms with E-state index in [1.54, 1.807) is 7.05 Å². The van der Waals surface area contributed by atoms with Gasteiger partial charge in [0.25, 0.3) is 0 Å². The molecule has 2 unspecified atom stereocenters. The van der Waals surface area contributed by atoms with Gasteiger partial charge < -0.3 is 15.8 Å². The lowest BCUT2D eigenvalue weighted by molar-refractivity contribution is -0.140. The molecule has 1 heterocycles. The first-order valence-electron chi connectivity index (χ1n) is 5.11. The zero-order valence-corrected chi connectivity index (χ0v) is 9.22. The predicted octanol–water partition coefficient (Wildman–Crippen LogP) is 0.409. The minimum atomic E-state index is -0.580. The highest BCUT2D eigenvalue weighted by atomic mass is 16.5. The minimum Gasteiger partial charge on any atom is -0.375 e. The van der Waals surface area contributed by atoms with Crippen LogP contribution < -0.4 is 11.1 Å². The zero-order valence-electron chi connectivity index (χ0n) is 9.22. The van der Waals surface area contributed by atoms with E-state index in [0.29, 0.717) is 19.4 Å². The summed E-state index contributed by atoms with van der Waals surface area (Å²) in [5.74, 6) is -0.275. The molecule has 0 aromatic heterocycles. The molecule has 1 aliphatic heterocycles. The number of carbonyl (C=O) groups is 1. The minimum absolute atomic E-state index is 0.226. The maximum Gasteiger partial charge on any atom is 0.237 e. The summed E-state index contributed by atoms with van der Waals surface area (Å²) in [6.45, 7) is 4.68. The summed E-state index contributed by atoms with van der Waals surface area (Å²) in [6.07, 6.45) is 2.21. The Balaban J connectivity index is 2.84. The maximum atomic E-state index is 11.4. The Kier molecular flexibility index (Phi) is 3.17. The van der Waals surface area contributed by atoms with E-state index in [2.05, 4.69) is 12.2 Å². The van der Waals surface area contributed by atoms with Gasteiger partial charge in [-0.15, -0.1) is 0 Å². The molecule has 3 N–H and O–H groups in total. The smallest absolute Gasteiger partial charge is 0.237 e. The molecule has 1 rings (SSSR count). The van der Waals surface area contributed by atoms with Crippen LogP contribution in [-0.4, -0.2) is 30.7 Å². The molecule has 0 spiro atoms. The van der Waals surface area contributed by atoms with Crippen molar-refractivity contribution < 1.29 is 9.53 Å². The van der Waals surface area contributed by atoms with E-state index >= 15 is 0 Å². The molecule has 0 aromatic rings. The Labute approximate surface area is 85.2 Å². The molecule has 1 saturated heterocycles. The van der Waals surface area contributed by atoms with Crippen molar-refractivity contribution >= 4 is 5.91 Å². The average molecular weight is 200 g/mol. The van der Waals surface area contributed by atoms with Gasteiger partial charge in [0.2, 0.25) is 5.91 Å². The number of carbonyl (C=O) groups excluding carboxylic acids is 1. The summed E-state index contributed by atoms with van der Waals surface area (Å²) in [6, 6.07) is 0. The van der Waals surface area contributed by atoms with E-state index in [0.717, 1.165) is 6.42 Å². The van der Waals surface area contributed by atoms with Gasteiger partial charge in [0.1, 0.15) is 5.54 Å². The highest BCUT2D eigenvalue weighted by Gasteiger charge is 2.45. The van der Waals surface area contributed by atoms with Gasteiger partial charge in [-0.05, 0) is 26.8 Å². The summed E-state index contributed by atoms with van der Waals surface area (Å²) < 4.78 is 5.67. The van der Waals surface area contributed by atoms with E-state index in [-0.39, 0.29) is 11.5 Å². The van der Waals surface area contributed by atoms with E-state index in [1.165, 1.54) is 0 Å². The second-order valence-electron chi connectivity index (χ2n) is 4.28. The van der Waals surface area contributed by atoms with Crippen LogP contribution in [0, 0.1) is 0 Å². The quantitative estimate of drug-likeness (QED) is 0.693. The van der Waals surface area contributed by atoms with E-state index in [9.17, 15) is 4.79 Å². The highest BCUT2D eigenvalue weighted by molar-refractivity contribution is 5.84. The van der Waals surface area contributed by atoms with E-state index in [4.69, 9.17) is 10.5 Å². The molecule has 0 saturated carbocycles. The number of rotatable bonds is 3. The molecule has 4 heteroatoms. The molecule has 4 nitrogen and oxygen atoms in total. The first kappa shape index (κ1) is 11.5. The van der Waals surface area contributed by atoms with Gasteiger partial charge in [0.15, 0.2) is 0 Å². The number of hydrogen-bond acceptors (Lipinski definition) is 3. The molecule has 1 aliphatic rings. The molecule has 1 amide bonds. The van der Waals surface area contributed by atoms with Crippen molar-refractivity contribution in [2.45, 2.75) is 44.2 Å². The van der Waals surface area contributed by atoms with Gasteiger partial charge in [0.05, 0.1) is 5.60 Å². The SMILES string of the molecule is CCC1(C)CC(NC)(C(N)=O)CCO1. The van der Waals surface area contributed by atoms with Gasteiger partial charge in [-0.3, -0.25) is 4.79 Å². The van der Waals surface area contributed by atoms with Crippen LogP contribution in [-0.2, 0) is 9.53 Å². The molecule has 2 atom stereocenters. The monoisotopic (exact) mass is 200 g/mol. The van der Waals surface area contributed by atoms with Crippen molar-refractivity contribution in [3.8, 4) is 0 Å². The fourth-order valence-corrected chi connectivity index (χ4v) is 2.02. The maximum absolute atomic E-state index is 11.4. The molecule has 0 aliphatic carbocycles. The third-order valence-electron chi connectivity index (χ3n) is 3.35. The van der Waals surface area contributed by atoms with Gasteiger partial charge >= 0.3 is 0 Å². The van der Waals surface area contributed by atoms with Crippen LogP contribution in [0.25, 0.3) is 0 Å². The Bertz CT molecular complexity index is 232. The summed E-state index contributed by atoms with van der Waals surface area (Å²) >= 11 is 0. The molecule has 0 aromatic carbocycles. The van der Waals surface area contributed by atoms with Crippen LogP contribution in [0.5, 0.6) is 0 Å². The van der Waals surface area contributed by atoms with Crippen molar-refractivity contribution in [3.63, 3.8) is 0 Å². The Morgan fingerprint density at radius 2 is 2.29 bits per heavy atom. The summed E-state index contributed by atoms with van der Waals surface area (Å²) in [5, 5.41) is 3.05. The summed E-state index contributed by atoms with van der Waals surface area (Å²) in [7, 11) is 1.78. The number of ether oxygens (including phenoxy) is 1. The molecular formula is C10H20N2O2. The first-order chi connectivity index (χ1) is 6.48. The number of amides is 1. The molecule has 82 valence electrons. The Morgan fingerprint density at radius 1 is 1.64 bits per heavy atom. The van der Waals surface area contributed by atoms with Crippen molar-refractivity contribution in [2.75, 3.05) is 13.7 Å². The number of nitrogens with two attached hydrogens (primary N) is 1. The van der Waals surface area contributed by atoms with Crippen LogP contribution in [0.4, 0.5) is 0 Å². The largest absolute Gasteiger partial charge is 0.375 e. The normalized spacial score (nSPS) is 38.2. The number of hydrogen-bond donors (Lipinski definition) is 2. The van der Waals surface area contributed by atoms with E-state index < -0.39 is 5.54 Å². The Hall–Kier alpha value is -0.610. The molecule has 1 fully saturated rings. The van der Waals surface area contributed by atoms with Crippen LogP contribution >= 0.6 is 0 Å². The number of nitrogens with one attached hydrogen (secondary N) is 1. The molecule has 0 radical (unpaired) electrons. The third-order valence-corrected chi connectivity index (χ3v) is 3.35. The predicted molar refractivity (Wildman–Crippen MR) is 54.9 cm³/mol. The lowest BCUT2D eigenvalue weighted by Crippen LogP contribution is -2.61. The Morgan fingerprint density at radius 3 is 2.71 bits per heavy atom. The standard InChI is InChI=1S/C10H20N2O2/c1-4-9(2)7-10(12-3,8(11)13)5-6-14-9/h12H,4-7H2,1-3H3,(H2,11,13). The van der Waals surface area contributed by atoms with E-state index in [1.807, 2.05) is 6.92 Å². The van der Waals surface area contributed by atoms with Crippen LogP contribution in [0.15, 0.2) is 0 Å². The van der Waals surface area contributed by atoms with Gasteiger partial charge in [0, 0.05) is 13.0 Å². The fourth-order valence-electron chi connectivity index (χ4n) is 2.02. The van der Waals surface area contributed by atoms with Crippen molar-refractivity contribution in [3.05, 3.63) is 0 Å². The average Bonchev–Trinajstić information content (AvgIpc) is 2.17. The zero-order chi connectivity index (χ0) is 10.8. The molecule has 14 heavy (non-hydrogen) atoms. The van der Waals surface area contributed by atoms with Crippen LogP contribution in [0.1, 0.15) is 33.1 Å². The van der Waals surface area contributed by atoms with Gasteiger partial charge in [-0.2, -0.15) is 0 Å². The van der Waals surface area contributed by atoms with Crippen molar-refractivity contribution in [1.82, 2.24) is 5.32 Å². The van der Waals surface area contributed by atoms with Crippen LogP contribution in [0.3, 0.4) is 0 Å². The number of likely N-dealkylation sites (N-methyl/N-ethyl adjacent to an activating group) is 1. The van der Waals surface area contributed by atoms with Gasteiger partial charge in [-0.25, -0.2) is 0 Å². The topological polar surface area (TPSA) is 64.3 Å². The highest BCUT2D eigenvalue weighted by Crippen LogP contribution is 2.34. The summed E-state index contributed by atoms with van der Waals surface area (Å²) in [4.78, 5) is 11.4. The summed E-state index contributed by atoms with van der Waals surface area (Å²) in [5.41, 5.74) is 4.63. The second-order valence-corrected chi connectivity index (χ2v) is 4.28. The van der Waals surface area contributed by atoms with Crippen LogP contribution in [0.2, 0.25) is 0 Å². The van der Waals surface area contributed by atoms with Crippen molar-refractivity contribution in [1.29, 1.82) is 0 Å². The lowest BCUT2D eigenvalue weighted by Gasteiger charge is -2.44. The third kappa shape index (κ3) is 1.91. The van der Waals surface area contributed by atoms with Gasteiger partial charge in [-0.1, -0.05) is 6.92 Å². The molecular weight excluding hydrogens is 180 g/mol. The van der Waals surface area contributed by atoms with Crippen molar-refractivity contribution in [2.24, 2.45) is 5.73 Å². The number of primary amides is 1. The fraction of sp³-hybridized carbons (Fsp3) is 0.900. The first-order valence-corrected chi connectivity index (χ1v) is 5.11.